The molecule has 0 atom stereocenters. The third-order valence-electron chi connectivity index (χ3n) is 7.88. The van der Waals surface area contributed by atoms with Crippen LogP contribution in [-0.2, 0) is 0 Å². The molecule has 48 heavy (non-hydrogen) atoms. The summed E-state index contributed by atoms with van der Waals surface area (Å²) >= 11 is 0. The van der Waals surface area contributed by atoms with Crippen LogP contribution in [0.3, 0.4) is 0 Å². The second kappa shape index (κ2) is 10.3. The van der Waals surface area contributed by atoms with Crippen molar-refractivity contribution >= 4 is 44.4 Å². The fraction of sp³-hybridized carbons (Fsp3) is 0. The molecule has 10 aromatic rings. The summed E-state index contributed by atoms with van der Waals surface area (Å²) in [6.45, 7) is 0. The van der Waals surface area contributed by atoms with Crippen molar-refractivity contribution in [2.24, 2.45) is 0 Å². The van der Waals surface area contributed by atoms with E-state index < -0.39 is 0 Å². The highest BCUT2D eigenvalue weighted by Crippen LogP contribution is 2.35. The lowest BCUT2D eigenvalue weighted by Gasteiger charge is -2.08. The largest absolute Gasteiger partial charge is 0.436 e. The molecular formula is C37H19N7O4. The Kier molecular flexibility index (Phi) is 5.60. The van der Waals surface area contributed by atoms with Gasteiger partial charge in [0.15, 0.2) is 28.2 Å². The van der Waals surface area contributed by atoms with Gasteiger partial charge in [0.05, 0.1) is 0 Å². The lowest BCUT2D eigenvalue weighted by molar-refractivity contribution is 0.604. The minimum Gasteiger partial charge on any atom is -0.436 e. The molecule has 0 fully saturated rings. The Balaban J connectivity index is 1.21. The number of nitrogens with zero attached hydrogens (tertiary/aromatic N) is 7. The fourth-order valence-electron chi connectivity index (χ4n) is 5.63. The van der Waals surface area contributed by atoms with Gasteiger partial charge in [-0.15, -0.1) is 0 Å². The van der Waals surface area contributed by atoms with Crippen molar-refractivity contribution in [3.8, 4) is 57.7 Å². The molecule has 0 spiro atoms. The van der Waals surface area contributed by atoms with E-state index in [1.165, 1.54) is 0 Å². The smallest absolute Gasteiger partial charge is 0.266 e. The van der Waals surface area contributed by atoms with E-state index in [-0.39, 0.29) is 23.4 Å². The molecule has 5 aromatic carbocycles. The predicted molar refractivity (Wildman–Crippen MR) is 177 cm³/mol. The van der Waals surface area contributed by atoms with E-state index in [2.05, 4.69) is 9.97 Å². The zero-order chi connectivity index (χ0) is 31.6. The second-order valence-electron chi connectivity index (χ2n) is 11.1. The number of aromatic nitrogens is 7. The van der Waals surface area contributed by atoms with Gasteiger partial charge in [0.2, 0.25) is 23.4 Å². The molecule has 0 aliphatic rings. The molecule has 0 aliphatic carbocycles. The first-order valence-electron chi connectivity index (χ1n) is 15.1. The first-order valence-corrected chi connectivity index (χ1v) is 15.1. The van der Waals surface area contributed by atoms with Crippen LogP contribution in [0.4, 0.5) is 0 Å². The van der Waals surface area contributed by atoms with Crippen molar-refractivity contribution in [3.05, 3.63) is 115 Å². The second-order valence-corrected chi connectivity index (χ2v) is 11.1. The van der Waals surface area contributed by atoms with Gasteiger partial charge in [0.25, 0.3) is 11.8 Å². The maximum absolute atomic E-state index is 6.18. The Hall–Kier alpha value is -7.01. The van der Waals surface area contributed by atoms with Crippen LogP contribution in [0, 0.1) is 0 Å². The van der Waals surface area contributed by atoms with Crippen LogP contribution >= 0.6 is 0 Å². The van der Waals surface area contributed by atoms with Gasteiger partial charge in [-0.3, -0.25) is 0 Å². The highest BCUT2D eigenvalue weighted by Gasteiger charge is 2.22. The standard InChI is InChI=1S/C37H19N7O4/c1-5-13-27-23(9-1)38-34(45-27)21-17-20(18-22(19-21)35-39-24-10-2-6-14-28(24)46-35)31-42-32(36-40-25-11-3-7-15-29(25)47-36)44-33(43-31)37-41-26-12-4-8-16-30(26)48-37/h1-19H. The molecule has 11 heteroatoms. The number of hydrogen-bond donors (Lipinski definition) is 0. The van der Waals surface area contributed by atoms with Crippen LogP contribution in [0.5, 0.6) is 0 Å². The lowest BCUT2D eigenvalue weighted by Crippen LogP contribution is -2.01. The average molecular weight is 626 g/mol. The van der Waals surface area contributed by atoms with E-state index in [0.29, 0.717) is 67.7 Å². The highest BCUT2D eigenvalue weighted by molar-refractivity contribution is 5.83. The summed E-state index contributed by atoms with van der Waals surface area (Å²) in [4.78, 5) is 33.2. The first kappa shape index (κ1) is 26.2. The van der Waals surface area contributed by atoms with Gasteiger partial charge in [-0.1, -0.05) is 48.5 Å². The fourth-order valence-corrected chi connectivity index (χ4v) is 5.63. The van der Waals surface area contributed by atoms with E-state index in [1.807, 2.05) is 115 Å². The zero-order valence-corrected chi connectivity index (χ0v) is 24.7. The summed E-state index contributed by atoms with van der Waals surface area (Å²) in [7, 11) is 0. The van der Waals surface area contributed by atoms with Crippen molar-refractivity contribution < 1.29 is 17.7 Å². The van der Waals surface area contributed by atoms with Crippen molar-refractivity contribution in [1.29, 1.82) is 0 Å². The Morgan fingerprint density at radius 3 is 1.00 bits per heavy atom. The quantitative estimate of drug-likeness (QED) is 0.181. The molecular weight excluding hydrogens is 606 g/mol. The van der Waals surface area contributed by atoms with Crippen LogP contribution in [0.2, 0.25) is 0 Å². The van der Waals surface area contributed by atoms with Gasteiger partial charge in [-0.25, -0.2) is 29.9 Å². The zero-order valence-electron chi connectivity index (χ0n) is 24.7. The maximum atomic E-state index is 6.18. The summed E-state index contributed by atoms with van der Waals surface area (Å²) in [5.74, 6) is 2.03. The van der Waals surface area contributed by atoms with Gasteiger partial charge in [-0.05, 0) is 66.7 Å². The summed E-state index contributed by atoms with van der Waals surface area (Å²) in [6.07, 6.45) is 0. The molecule has 0 saturated heterocycles. The molecule has 0 bridgehead atoms. The van der Waals surface area contributed by atoms with Crippen LogP contribution in [-0.4, -0.2) is 34.9 Å². The van der Waals surface area contributed by atoms with E-state index >= 15 is 0 Å². The van der Waals surface area contributed by atoms with Crippen molar-refractivity contribution in [1.82, 2.24) is 34.9 Å². The maximum Gasteiger partial charge on any atom is 0.266 e. The Labute approximate surface area is 269 Å². The Morgan fingerprint density at radius 1 is 0.292 bits per heavy atom. The molecule has 11 nitrogen and oxygen atoms in total. The summed E-state index contributed by atoms with van der Waals surface area (Å²) in [5, 5.41) is 0. The van der Waals surface area contributed by atoms with E-state index in [9.17, 15) is 0 Å². The van der Waals surface area contributed by atoms with Crippen LogP contribution < -0.4 is 0 Å². The number of fused-ring (bicyclic) bond motifs is 4. The number of hydrogen-bond acceptors (Lipinski definition) is 11. The number of para-hydroxylation sites is 8. The summed E-state index contributed by atoms with van der Waals surface area (Å²) in [5.41, 5.74) is 7.32. The molecule has 0 aliphatic heterocycles. The van der Waals surface area contributed by atoms with Crippen molar-refractivity contribution in [2.75, 3.05) is 0 Å². The first-order chi connectivity index (χ1) is 23.7. The molecule has 0 N–H and O–H groups in total. The SMILES string of the molecule is c1ccc2oc(-c3cc(-c4nc(-c5nc6ccccc6o5)nc(-c5nc6ccccc6o5)n4)cc(-c4nc5ccccc5o4)c3)nc2c1. The van der Waals surface area contributed by atoms with E-state index in [4.69, 9.17) is 42.6 Å². The van der Waals surface area contributed by atoms with Crippen LogP contribution in [0.1, 0.15) is 0 Å². The molecule has 0 unspecified atom stereocenters. The summed E-state index contributed by atoms with van der Waals surface area (Å²) < 4.78 is 24.5. The Bertz CT molecular complexity index is 2320. The molecule has 5 aromatic heterocycles. The topological polar surface area (TPSA) is 143 Å². The summed E-state index contributed by atoms with van der Waals surface area (Å²) in [6, 6.07) is 35.9. The van der Waals surface area contributed by atoms with Crippen molar-refractivity contribution in [2.45, 2.75) is 0 Å². The minimum absolute atomic E-state index is 0.212. The number of benzene rings is 5. The lowest BCUT2D eigenvalue weighted by atomic mass is 10.0. The van der Waals surface area contributed by atoms with Gasteiger partial charge in [0.1, 0.15) is 22.1 Å². The van der Waals surface area contributed by atoms with Crippen LogP contribution in [0.25, 0.3) is 102 Å². The van der Waals surface area contributed by atoms with Crippen LogP contribution in [0.15, 0.2) is 133 Å². The third-order valence-corrected chi connectivity index (χ3v) is 7.88. The van der Waals surface area contributed by atoms with Crippen molar-refractivity contribution in [3.63, 3.8) is 0 Å². The van der Waals surface area contributed by atoms with Gasteiger partial charge in [-0.2, -0.15) is 4.98 Å². The minimum atomic E-state index is 0.212. The third kappa shape index (κ3) is 4.41. The van der Waals surface area contributed by atoms with Gasteiger partial charge >= 0.3 is 0 Å². The number of rotatable bonds is 5. The average Bonchev–Trinajstić information content (AvgIpc) is 3.94. The van der Waals surface area contributed by atoms with Gasteiger partial charge < -0.3 is 17.7 Å². The number of oxazole rings is 4. The van der Waals surface area contributed by atoms with Gasteiger partial charge in [0, 0.05) is 16.7 Å². The molecule has 5 heterocycles. The molecule has 0 saturated carbocycles. The molecule has 226 valence electrons. The highest BCUT2D eigenvalue weighted by atomic mass is 16.4. The van der Waals surface area contributed by atoms with E-state index in [1.54, 1.807) is 0 Å². The predicted octanol–water partition coefficient (Wildman–Crippen LogP) is 8.77. The normalized spacial score (nSPS) is 11.8. The monoisotopic (exact) mass is 625 g/mol. The van der Waals surface area contributed by atoms with E-state index in [0.717, 1.165) is 11.0 Å². The molecule has 0 radical (unpaired) electrons. The molecule has 10 rings (SSSR count). The Morgan fingerprint density at radius 2 is 0.604 bits per heavy atom. The molecule has 0 amide bonds.